The van der Waals surface area contributed by atoms with Crippen molar-refractivity contribution in [2.75, 3.05) is 6.54 Å². The van der Waals surface area contributed by atoms with Crippen LogP contribution in [-0.4, -0.2) is 12.4 Å². The van der Waals surface area contributed by atoms with Crippen LogP contribution >= 0.6 is 11.6 Å². The first-order valence-electron chi connectivity index (χ1n) is 4.87. The third kappa shape index (κ3) is 2.26. The van der Waals surface area contributed by atoms with Gasteiger partial charge >= 0.3 is 0 Å². The summed E-state index contributed by atoms with van der Waals surface area (Å²) >= 11 is 6.03. The quantitative estimate of drug-likeness (QED) is 0.794. The number of rotatable bonds is 2. The van der Waals surface area contributed by atoms with Gasteiger partial charge in [-0.2, -0.15) is 0 Å². The number of nitrogens with zero attached hydrogens (tertiary/aromatic N) is 1. The summed E-state index contributed by atoms with van der Waals surface area (Å²) in [6.07, 6.45) is 2.25. The normalized spacial score (nSPS) is 15.4. The molecule has 0 fully saturated rings. The molecular formula is C11H13ClN2. The Hall–Kier alpha value is -1.02. The van der Waals surface area contributed by atoms with E-state index in [0.717, 1.165) is 35.9 Å². The molecule has 1 aliphatic heterocycles. The van der Waals surface area contributed by atoms with Gasteiger partial charge in [0, 0.05) is 24.5 Å². The first kappa shape index (κ1) is 9.53. The van der Waals surface area contributed by atoms with Crippen LogP contribution in [0.15, 0.2) is 29.3 Å². The van der Waals surface area contributed by atoms with Crippen LogP contribution in [-0.2, 0) is 6.54 Å². The van der Waals surface area contributed by atoms with Crippen molar-refractivity contribution in [1.82, 2.24) is 5.32 Å². The molecule has 0 amide bonds. The smallest absolute Gasteiger partial charge is 0.0966 e. The highest BCUT2D eigenvalue weighted by Gasteiger charge is 2.05. The maximum atomic E-state index is 6.03. The lowest BCUT2D eigenvalue weighted by Crippen LogP contribution is -2.20. The van der Waals surface area contributed by atoms with Gasteiger partial charge in [0.05, 0.1) is 5.84 Å². The first-order valence-corrected chi connectivity index (χ1v) is 5.24. The van der Waals surface area contributed by atoms with Crippen LogP contribution in [0.2, 0.25) is 5.02 Å². The molecule has 2 nitrogen and oxygen atoms in total. The topological polar surface area (TPSA) is 24.4 Å². The molecule has 0 atom stereocenters. The number of benzene rings is 1. The fourth-order valence-corrected chi connectivity index (χ4v) is 1.73. The minimum absolute atomic E-state index is 0.776. The summed E-state index contributed by atoms with van der Waals surface area (Å²) in [6.45, 7) is 1.74. The lowest BCUT2D eigenvalue weighted by atomic mass is 10.2. The van der Waals surface area contributed by atoms with Crippen LogP contribution in [0.4, 0.5) is 0 Å². The number of hydrogen-bond donors (Lipinski definition) is 1. The molecular weight excluding hydrogens is 196 g/mol. The van der Waals surface area contributed by atoms with Gasteiger partial charge < -0.3 is 5.32 Å². The van der Waals surface area contributed by atoms with E-state index in [1.807, 2.05) is 24.3 Å². The molecule has 74 valence electrons. The fraction of sp³-hybridized carbons (Fsp3) is 0.364. The standard InChI is InChI=1S/C11H13ClN2/c12-10-5-2-1-4-9(10)8-14-11-6-3-7-13-11/h1-2,4-5H,3,6-8H2,(H,13,14). The summed E-state index contributed by atoms with van der Waals surface area (Å²) in [5.41, 5.74) is 1.13. The molecule has 1 aromatic carbocycles. The molecule has 2 rings (SSSR count). The van der Waals surface area contributed by atoms with E-state index in [1.165, 1.54) is 6.42 Å². The van der Waals surface area contributed by atoms with Crippen molar-refractivity contribution in [1.29, 1.82) is 0 Å². The van der Waals surface area contributed by atoms with Gasteiger partial charge in [0.15, 0.2) is 0 Å². The van der Waals surface area contributed by atoms with Gasteiger partial charge in [-0.05, 0) is 18.1 Å². The van der Waals surface area contributed by atoms with Gasteiger partial charge in [-0.15, -0.1) is 0 Å². The molecule has 0 spiro atoms. The molecule has 1 N–H and O–H groups in total. The van der Waals surface area contributed by atoms with Crippen molar-refractivity contribution >= 4 is 17.4 Å². The highest BCUT2D eigenvalue weighted by atomic mass is 35.5. The van der Waals surface area contributed by atoms with E-state index in [0.29, 0.717) is 0 Å². The summed E-state index contributed by atoms with van der Waals surface area (Å²) in [5, 5.41) is 4.12. The Bertz CT molecular complexity index is 347. The average Bonchev–Trinajstić information content (AvgIpc) is 2.69. The lowest BCUT2D eigenvalue weighted by Gasteiger charge is -2.06. The molecule has 1 aliphatic rings. The molecule has 14 heavy (non-hydrogen) atoms. The number of nitrogens with one attached hydrogen (secondary N) is 1. The van der Waals surface area contributed by atoms with Crippen molar-refractivity contribution in [2.24, 2.45) is 4.99 Å². The van der Waals surface area contributed by atoms with Gasteiger partial charge in [-0.3, -0.25) is 4.99 Å². The highest BCUT2D eigenvalue weighted by Crippen LogP contribution is 2.14. The van der Waals surface area contributed by atoms with Gasteiger partial charge in [0.2, 0.25) is 0 Å². The van der Waals surface area contributed by atoms with Crippen molar-refractivity contribution in [3.63, 3.8) is 0 Å². The molecule has 0 saturated carbocycles. The predicted octanol–water partition coefficient (Wildman–Crippen LogP) is 2.62. The Morgan fingerprint density at radius 2 is 2.21 bits per heavy atom. The molecule has 3 heteroatoms. The maximum Gasteiger partial charge on any atom is 0.0966 e. The Kier molecular flexibility index (Phi) is 3.04. The minimum atomic E-state index is 0.776. The van der Waals surface area contributed by atoms with Crippen LogP contribution < -0.4 is 5.32 Å². The Morgan fingerprint density at radius 1 is 1.36 bits per heavy atom. The largest absolute Gasteiger partial charge is 0.370 e. The van der Waals surface area contributed by atoms with E-state index in [1.54, 1.807) is 0 Å². The summed E-state index contributed by atoms with van der Waals surface area (Å²) in [5.74, 6) is 1.12. The Morgan fingerprint density at radius 3 is 2.93 bits per heavy atom. The molecule has 1 aromatic rings. The first-order chi connectivity index (χ1) is 6.86. The van der Waals surface area contributed by atoms with Crippen LogP contribution in [0.1, 0.15) is 18.4 Å². The summed E-state index contributed by atoms with van der Waals surface area (Å²) in [4.78, 5) is 4.34. The van der Waals surface area contributed by atoms with Gasteiger partial charge in [0.1, 0.15) is 0 Å². The molecule has 1 heterocycles. The Balaban J connectivity index is 1.94. The summed E-state index contributed by atoms with van der Waals surface area (Å²) < 4.78 is 0. The van der Waals surface area contributed by atoms with Gasteiger partial charge in [-0.25, -0.2) is 0 Å². The van der Waals surface area contributed by atoms with Crippen molar-refractivity contribution in [2.45, 2.75) is 19.4 Å². The van der Waals surface area contributed by atoms with Crippen molar-refractivity contribution < 1.29 is 0 Å². The third-order valence-corrected chi connectivity index (χ3v) is 2.68. The number of amidine groups is 1. The second-order valence-electron chi connectivity index (χ2n) is 3.38. The molecule has 0 aliphatic carbocycles. The van der Waals surface area contributed by atoms with E-state index >= 15 is 0 Å². The number of hydrogen-bond acceptors (Lipinski definition) is 2. The monoisotopic (exact) mass is 208 g/mol. The molecule has 0 saturated heterocycles. The number of aliphatic imine (C=N–C) groups is 1. The van der Waals surface area contributed by atoms with E-state index in [-0.39, 0.29) is 0 Å². The summed E-state index contributed by atoms with van der Waals surface area (Å²) in [6, 6.07) is 7.89. The van der Waals surface area contributed by atoms with E-state index in [9.17, 15) is 0 Å². The second kappa shape index (κ2) is 4.47. The zero-order chi connectivity index (χ0) is 9.80. The van der Waals surface area contributed by atoms with Gasteiger partial charge in [0.25, 0.3) is 0 Å². The van der Waals surface area contributed by atoms with Crippen molar-refractivity contribution in [3.05, 3.63) is 34.9 Å². The molecule has 0 bridgehead atoms. The zero-order valence-corrected chi connectivity index (χ0v) is 8.72. The molecule has 0 aromatic heterocycles. The van der Waals surface area contributed by atoms with Crippen LogP contribution in [0.5, 0.6) is 0 Å². The van der Waals surface area contributed by atoms with E-state index in [2.05, 4.69) is 10.3 Å². The number of halogens is 1. The second-order valence-corrected chi connectivity index (χ2v) is 3.78. The minimum Gasteiger partial charge on any atom is -0.370 e. The average molecular weight is 209 g/mol. The summed E-state index contributed by atoms with van der Waals surface area (Å²) in [7, 11) is 0. The predicted molar refractivity (Wildman–Crippen MR) is 59.8 cm³/mol. The zero-order valence-electron chi connectivity index (χ0n) is 7.96. The SMILES string of the molecule is Clc1ccccc1CNC1=NCCC1. The third-order valence-electron chi connectivity index (χ3n) is 2.32. The van der Waals surface area contributed by atoms with Gasteiger partial charge in [-0.1, -0.05) is 29.8 Å². The Labute approximate surface area is 89.0 Å². The fourth-order valence-electron chi connectivity index (χ4n) is 1.52. The highest BCUT2D eigenvalue weighted by molar-refractivity contribution is 6.31. The molecule has 0 radical (unpaired) electrons. The van der Waals surface area contributed by atoms with Crippen LogP contribution in [0, 0.1) is 0 Å². The maximum absolute atomic E-state index is 6.03. The van der Waals surface area contributed by atoms with Crippen LogP contribution in [0.25, 0.3) is 0 Å². The molecule has 0 unspecified atom stereocenters. The van der Waals surface area contributed by atoms with Crippen LogP contribution in [0.3, 0.4) is 0 Å². The van der Waals surface area contributed by atoms with E-state index in [4.69, 9.17) is 11.6 Å². The lowest BCUT2D eigenvalue weighted by molar-refractivity contribution is 0.888. The van der Waals surface area contributed by atoms with E-state index < -0.39 is 0 Å². The van der Waals surface area contributed by atoms with Crippen molar-refractivity contribution in [3.8, 4) is 0 Å².